The molecular weight excluding hydrogens is 278 g/mol. The van der Waals surface area contributed by atoms with Crippen molar-refractivity contribution in [2.75, 3.05) is 11.2 Å². The van der Waals surface area contributed by atoms with Gasteiger partial charge in [-0.15, -0.1) is 5.10 Å². The zero-order valence-corrected chi connectivity index (χ0v) is 11.5. The van der Waals surface area contributed by atoms with Crippen LogP contribution in [0.25, 0.3) is 0 Å². The van der Waals surface area contributed by atoms with Gasteiger partial charge in [-0.05, 0) is 13.0 Å². The van der Waals surface area contributed by atoms with E-state index in [0.29, 0.717) is 11.1 Å². The maximum absolute atomic E-state index is 10.6. The molecule has 0 aliphatic heterocycles. The van der Waals surface area contributed by atoms with Crippen molar-refractivity contribution in [2.24, 2.45) is 10.8 Å². The molecule has 20 heavy (non-hydrogen) atoms. The number of primary amides is 1. The lowest BCUT2D eigenvalue weighted by atomic mass is 10.2. The molecule has 2 aromatic heterocycles. The summed E-state index contributed by atoms with van der Waals surface area (Å²) in [5.41, 5.74) is 9.46. The standard InChI is InChI=1S/C11H13N7OS/c1-7(8-3-2-4-13-5-8)15-16-10-14-11(18-17-10)20-6-9(12)19/h2-5H,6H2,1H3,(H2,12,19)(H2,14,16,17,18)/b15-7-. The van der Waals surface area contributed by atoms with E-state index >= 15 is 0 Å². The zero-order chi connectivity index (χ0) is 14.4. The average Bonchev–Trinajstić information content (AvgIpc) is 2.91. The highest BCUT2D eigenvalue weighted by atomic mass is 32.2. The smallest absolute Gasteiger partial charge is 0.240 e. The van der Waals surface area contributed by atoms with Crippen LogP contribution in [0, 0.1) is 0 Å². The number of aromatic amines is 1. The summed E-state index contributed by atoms with van der Waals surface area (Å²) in [4.78, 5) is 18.8. The molecule has 0 aromatic carbocycles. The van der Waals surface area contributed by atoms with Crippen LogP contribution in [0.15, 0.2) is 34.8 Å². The number of hydrazone groups is 1. The van der Waals surface area contributed by atoms with Gasteiger partial charge in [0.25, 0.3) is 0 Å². The van der Waals surface area contributed by atoms with Gasteiger partial charge in [-0.25, -0.2) is 10.5 Å². The van der Waals surface area contributed by atoms with Crippen molar-refractivity contribution >= 4 is 29.3 Å². The molecule has 0 atom stereocenters. The zero-order valence-electron chi connectivity index (χ0n) is 10.7. The highest BCUT2D eigenvalue weighted by Crippen LogP contribution is 2.13. The van der Waals surface area contributed by atoms with Gasteiger partial charge < -0.3 is 5.73 Å². The fraction of sp³-hybridized carbons (Fsp3) is 0.182. The normalized spacial score (nSPS) is 11.3. The molecule has 4 N–H and O–H groups in total. The van der Waals surface area contributed by atoms with Crippen LogP contribution in [0.3, 0.4) is 0 Å². The molecule has 8 nitrogen and oxygen atoms in total. The van der Waals surface area contributed by atoms with E-state index in [0.717, 1.165) is 23.0 Å². The number of rotatable bonds is 6. The maximum Gasteiger partial charge on any atom is 0.240 e. The Balaban J connectivity index is 1.95. The Morgan fingerprint density at radius 2 is 2.45 bits per heavy atom. The first-order valence-corrected chi connectivity index (χ1v) is 6.68. The molecule has 2 rings (SSSR count). The number of carbonyl (C=O) groups excluding carboxylic acids is 1. The fourth-order valence-corrected chi connectivity index (χ4v) is 1.81. The number of aromatic nitrogens is 4. The number of carbonyl (C=O) groups is 1. The summed E-state index contributed by atoms with van der Waals surface area (Å²) in [7, 11) is 0. The quantitative estimate of drug-likeness (QED) is 0.407. The van der Waals surface area contributed by atoms with E-state index in [1.807, 2.05) is 19.1 Å². The number of pyridine rings is 1. The molecule has 0 unspecified atom stereocenters. The molecule has 0 bridgehead atoms. The Morgan fingerprint density at radius 1 is 1.60 bits per heavy atom. The van der Waals surface area contributed by atoms with Crippen molar-refractivity contribution in [3.63, 3.8) is 0 Å². The largest absolute Gasteiger partial charge is 0.369 e. The van der Waals surface area contributed by atoms with Crippen molar-refractivity contribution in [2.45, 2.75) is 12.1 Å². The van der Waals surface area contributed by atoms with Crippen molar-refractivity contribution in [1.82, 2.24) is 20.2 Å². The highest BCUT2D eigenvalue weighted by Gasteiger charge is 2.05. The van der Waals surface area contributed by atoms with Gasteiger partial charge in [0.05, 0.1) is 11.5 Å². The molecule has 2 heterocycles. The summed E-state index contributed by atoms with van der Waals surface area (Å²) in [6.45, 7) is 1.85. The van der Waals surface area contributed by atoms with Crippen molar-refractivity contribution in [3.05, 3.63) is 30.1 Å². The predicted molar refractivity (Wildman–Crippen MR) is 76.4 cm³/mol. The van der Waals surface area contributed by atoms with Crippen LogP contribution < -0.4 is 11.2 Å². The van der Waals surface area contributed by atoms with Gasteiger partial charge >= 0.3 is 0 Å². The molecule has 0 spiro atoms. The Morgan fingerprint density at radius 3 is 3.15 bits per heavy atom. The van der Waals surface area contributed by atoms with Crippen molar-refractivity contribution < 1.29 is 4.79 Å². The number of nitrogens with zero attached hydrogens (tertiary/aromatic N) is 4. The molecule has 0 radical (unpaired) electrons. The lowest BCUT2D eigenvalue weighted by Crippen LogP contribution is -2.13. The molecule has 104 valence electrons. The molecule has 0 fully saturated rings. The molecule has 0 aliphatic rings. The minimum absolute atomic E-state index is 0.134. The number of nitrogens with two attached hydrogens (primary N) is 1. The van der Waals surface area contributed by atoms with Crippen LogP contribution >= 0.6 is 11.8 Å². The summed E-state index contributed by atoms with van der Waals surface area (Å²) in [5, 5.41) is 11.2. The Bertz CT molecular complexity index is 610. The second-order valence-corrected chi connectivity index (χ2v) is 4.71. The topological polar surface area (TPSA) is 122 Å². The van der Waals surface area contributed by atoms with Crippen LogP contribution in [-0.4, -0.2) is 37.5 Å². The van der Waals surface area contributed by atoms with Crippen LogP contribution in [-0.2, 0) is 4.79 Å². The van der Waals surface area contributed by atoms with Crippen molar-refractivity contribution in [1.29, 1.82) is 0 Å². The number of hydrogen-bond acceptors (Lipinski definition) is 7. The van der Waals surface area contributed by atoms with E-state index in [2.05, 4.69) is 30.7 Å². The Labute approximate surface area is 119 Å². The maximum atomic E-state index is 10.6. The summed E-state index contributed by atoms with van der Waals surface area (Å²) < 4.78 is 0. The van der Waals surface area contributed by atoms with E-state index < -0.39 is 5.91 Å². The second kappa shape index (κ2) is 6.66. The summed E-state index contributed by atoms with van der Waals surface area (Å²) >= 11 is 1.15. The monoisotopic (exact) mass is 291 g/mol. The highest BCUT2D eigenvalue weighted by molar-refractivity contribution is 7.99. The van der Waals surface area contributed by atoms with Crippen molar-refractivity contribution in [3.8, 4) is 0 Å². The number of anilines is 1. The molecular formula is C11H13N7OS. The first kappa shape index (κ1) is 14.0. The van der Waals surface area contributed by atoms with Gasteiger partial charge in [0.1, 0.15) is 0 Å². The summed E-state index contributed by atoms with van der Waals surface area (Å²) in [5.74, 6) is 0.106. The molecule has 0 saturated carbocycles. The third kappa shape index (κ3) is 4.05. The van der Waals surface area contributed by atoms with Crippen LogP contribution in [0.5, 0.6) is 0 Å². The van der Waals surface area contributed by atoms with E-state index in [4.69, 9.17) is 5.73 Å². The second-order valence-electron chi connectivity index (χ2n) is 3.77. The van der Waals surface area contributed by atoms with Gasteiger partial charge in [0, 0.05) is 18.0 Å². The van der Waals surface area contributed by atoms with E-state index in [1.165, 1.54) is 0 Å². The predicted octanol–water partition coefficient (Wildman–Crippen LogP) is 0.613. The lowest BCUT2D eigenvalue weighted by Gasteiger charge is -1.99. The molecule has 0 saturated heterocycles. The van der Waals surface area contributed by atoms with Gasteiger partial charge in [0.2, 0.25) is 17.0 Å². The average molecular weight is 291 g/mol. The minimum atomic E-state index is -0.417. The number of hydrogen-bond donors (Lipinski definition) is 3. The van der Waals surface area contributed by atoms with Crippen LogP contribution in [0.2, 0.25) is 0 Å². The van der Waals surface area contributed by atoms with E-state index in [1.54, 1.807) is 12.4 Å². The minimum Gasteiger partial charge on any atom is -0.369 e. The van der Waals surface area contributed by atoms with E-state index in [-0.39, 0.29) is 5.75 Å². The van der Waals surface area contributed by atoms with Gasteiger partial charge in [0.15, 0.2) is 0 Å². The Kier molecular flexibility index (Phi) is 4.66. The first-order valence-electron chi connectivity index (χ1n) is 5.69. The molecule has 1 amide bonds. The third-order valence-corrected chi connectivity index (χ3v) is 3.09. The third-order valence-electron chi connectivity index (χ3n) is 2.22. The van der Waals surface area contributed by atoms with Gasteiger partial charge in [-0.2, -0.15) is 10.1 Å². The first-order chi connectivity index (χ1) is 9.65. The van der Waals surface area contributed by atoms with Gasteiger partial charge in [-0.3, -0.25) is 9.78 Å². The molecule has 0 aliphatic carbocycles. The van der Waals surface area contributed by atoms with Crippen LogP contribution in [0.4, 0.5) is 5.95 Å². The lowest BCUT2D eigenvalue weighted by molar-refractivity contribution is -0.115. The summed E-state index contributed by atoms with van der Waals surface area (Å²) in [6.07, 6.45) is 3.41. The fourth-order valence-electron chi connectivity index (χ4n) is 1.27. The molecule has 9 heteroatoms. The number of nitrogens with one attached hydrogen (secondary N) is 2. The van der Waals surface area contributed by atoms with Crippen LogP contribution in [0.1, 0.15) is 12.5 Å². The number of amides is 1. The SMILES string of the molecule is C/C(=N/Nc1nc(SCC(N)=O)n[nH]1)c1cccnc1. The Hall–Kier alpha value is -2.42. The summed E-state index contributed by atoms with van der Waals surface area (Å²) in [6, 6.07) is 3.74. The van der Waals surface area contributed by atoms with Gasteiger partial charge in [-0.1, -0.05) is 17.8 Å². The number of H-pyrrole nitrogens is 1. The van der Waals surface area contributed by atoms with E-state index in [9.17, 15) is 4.79 Å². The molecule has 2 aromatic rings. The number of thioether (sulfide) groups is 1.